The van der Waals surface area contributed by atoms with Crippen molar-refractivity contribution in [3.05, 3.63) is 34.1 Å². The Morgan fingerprint density at radius 1 is 1.57 bits per heavy atom. The minimum atomic E-state index is -1.41. The summed E-state index contributed by atoms with van der Waals surface area (Å²) in [5.74, 6) is -2.01. The number of nitrogens with two attached hydrogens (primary N) is 1. The topological polar surface area (TPSA) is 116 Å². The third-order valence-corrected chi connectivity index (χ3v) is 3.58. The number of hydrogen-bond acceptors (Lipinski definition) is 5. The number of aliphatic carboxylic acids is 1. The quantitative estimate of drug-likeness (QED) is 0.647. The number of carboxylic acid groups (broad SMARTS) is 1. The lowest BCUT2D eigenvalue weighted by molar-refractivity contribution is -0.386. The molecular formula is C13H15FN2O5. The van der Waals surface area contributed by atoms with E-state index in [1.165, 1.54) is 0 Å². The van der Waals surface area contributed by atoms with Gasteiger partial charge in [0.15, 0.2) is 5.75 Å². The molecule has 0 spiro atoms. The van der Waals surface area contributed by atoms with Crippen LogP contribution in [-0.4, -0.2) is 27.6 Å². The van der Waals surface area contributed by atoms with Crippen LogP contribution in [-0.2, 0) is 4.79 Å². The number of carboxylic acids is 1. The van der Waals surface area contributed by atoms with Crippen LogP contribution in [0.4, 0.5) is 10.1 Å². The van der Waals surface area contributed by atoms with Gasteiger partial charge in [-0.05, 0) is 25.3 Å². The number of nitro groups is 1. The first-order valence-corrected chi connectivity index (χ1v) is 6.45. The molecule has 1 aliphatic rings. The molecule has 0 aromatic heterocycles. The molecule has 21 heavy (non-hydrogen) atoms. The molecule has 1 saturated carbocycles. The third kappa shape index (κ3) is 3.27. The lowest BCUT2D eigenvalue weighted by atomic mass is 9.81. The van der Waals surface area contributed by atoms with Crippen molar-refractivity contribution in [2.24, 2.45) is 5.73 Å². The normalized spacial score (nSPS) is 25.3. The second kappa shape index (κ2) is 5.65. The molecule has 0 radical (unpaired) electrons. The Hall–Kier alpha value is -2.22. The van der Waals surface area contributed by atoms with Gasteiger partial charge in [-0.1, -0.05) is 0 Å². The highest BCUT2D eigenvalue weighted by molar-refractivity contribution is 5.78. The summed E-state index contributed by atoms with van der Waals surface area (Å²) in [6.45, 7) is 0. The van der Waals surface area contributed by atoms with Crippen molar-refractivity contribution in [1.29, 1.82) is 0 Å². The van der Waals surface area contributed by atoms with Gasteiger partial charge in [0.05, 0.1) is 4.92 Å². The third-order valence-electron chi connectivity index (χ3n) is 3.58. The zero-order valence-corrected chi connectivity index (χ0v) is 11.1. The van der Waals surface area contributed by atoms with Crippen LogP contribution in [0.25, 0.3) is 0 Å². The molecule has 0 saturated heterocycles. The van der Waals surface area contributed by atoms with E-state index in [-0.39, 0.29) is 17.9 Å². The number of nitro benzene ring substituents is 1. The predicted octanol–water partition coefficient (Wildman–Crippen LogP) is 1.84. The summed E-state index contributed by atoms with van der Waals surface area (Å²) in [7, 11) is 0. The standard InChI is InChI=1S/C13H15FN2O5/c14-8-3-4-10(16(19)20)11(6-8)21-9-2-1-5-13(15,7-9)12(17)18/h3-4,6,9H,1-2,5,7,15H2,(H,17,18). The molecule has 0 aliphatic heterocycles. The van der Waals surface area contributed by atoms with E-state index in [1.807, 2.05) is 0 Å². The fourth-order valence-electron chi connectivity index (χ4n) is 2.46. The average molecular weight is 298 g/mol. The molecule has 1 fully saturated rings. The molecule has 8 heteroatoms. The minimum Gasteiger partial charge on any atom is -0.483 e. The fourth-order valence-corrected chi connectivity index (χ4v) is 2.46. The van der Waals surface area contributed by atoms with Crippen molar-refractivity contribution in [3.63, 3.8) is 0 Å². The molecule has 0 bridgehead atoms. The van der Waals surface area contributed by atoms with Crippen LogP contribution >= 0.6 is 0 Å². The van der Waals surface area contributed by atoms with Crippen LogP contribution in [0, 0.1) is 15.9 Å². The summed E-state index contributed by atoms with van der Waals surface area (Å²) < 4.78 is 18.7. The van der Waals surface area contributed by atoms with Crippen LogP contribution in [0.2, 0.25) is 0 Å². The zero-order chi connectivity index (χ0) is 15.6. The van der Waals surface area contributed by atoms with Crippen molar-refractivity contribution in [2.75, 3.05) is 0 Å². The Morgan fingerprint density at radius 3 is 2.90 bits per heavy atom. The van der Waals surface area contributed by atoms with Gasteiger partial charge in [0.25, 0.3) is 0 Å². The molecular weight excluding hydrogens is 283 g/mol. The first-order valence-electron chi connectivity index (χ1n) is 6.45. The number of halogens is 1. The number of nitrogens with zero attached hydrogens (tertiary/aromatic N) is 1. The average Bonchev–Trinajstić information content (AvgIpc) is 2.38. The molecule has 1 aromatic rings. The van der Waals surface area contributed by atoms with E-state index in [0.29, 0.717) is 19.3 Å². The van der Waals surface area contributed by atoms with Gasteiger partial charge in [0.2, 0.25) is 0 Å². The lowest BCUT2D eigenvalue weighted by Gasteiger charge is -2.34. The van der Waals surface area contributed by atoms with Gasteiger partial charge < -0.3 is 15.6 Å². The van der Waals surface area contributed by atoms with Crippen molar-refractivity contribution in [1.82, 2.24) is 0 Å². The van der Waals surface area contributed by atoms with Gasteiger partial charge in [-0.15, -0.1) is 0 Å². The molecule has 114 valence electrons. The van der Waals surface area contributed by atoms with E-state index < -0.39 is 28.4 Å². The molecule has 0 amide bonds. The molecule has 7 nitrogen and oxygen atoms in total. The van der Waals surface area contributed by atoms with Crippen molar-refractivity contribution in [3.8, 4) is 5.75 Å². The smallest absolute Gasteiger partial charge is 0.323 e. The molecule has 0 heterocycles. The molecule has 1 aromatic carbocycles. The molecule has 3 N–H and O–H groups in total. The molecule has 1 aliphatic carbocycles. The second-order valence-electron chi connectivity index (χ2n) is 5.17. The van der Waals surface area contributed by atoms with Crippen LogP contribution in [0.3, 0.4) is 0 Å². The first-order chi connectivity index (χ1) is 9.82. The number of carbonyl (C=O) groups is 1. The summed E-state index contributed by atoms with van der Waals surface area (Å²) in [5, 5.41) is 20.0. The fraction of sp³-hybridized carbons (Fsp3) is 0.462. The van der Waals surface area contributed by atoms with E-state index in [0.717, 1.165) is 18.2 Å². The van der Waals surface area contributed by atoms with Crippen molar-refractivity contribution >= 4 is 11.7 Å². The monoisotopic (exact) mass is 298 g/mol. The van der Waals surface area contributed by atoms with E-state index in [4.69, 9.17) is 15.6 Å². The molecule has 2 rings (SSSR count). The van der Waals surface area contributed by atoms with E-state index >= 15 is 0 Å². The van der Waals surface area contributed by atoms with Gasteiger partial charge in [-0.25, -0.2) is 4.39 Å². The van der Waals surface area contributed by atoms with E-state index in [9.17, 15) is 19.3 Å². The Morgan fingerprint density at radius 2 is 2.29 bits per heavy atom. The SMILES string of the molecule is NC1(C(=O)O)CCCC(Oc2cc(F)ccc2[N+](=O)[O-])C1. The Labute approximate surface area is 119 Å². The number of rotatable bonds is 4. The highest BCUT2D eigenvalue weighted by atomic mass is 19.1. The maximum atomic E-state index is 13.2. The van der Waals surface area contributed by atoms with Crippen LogP contribution in [0.15, 0.2) is 18.2 Å². The molecule has 2 unspecified atom stereocenters. The summed E-state index contributed by atoms with van der Waals surface area (Å²) in [5.41, 5.74) is 4.01. The second-order valence-corrected chi connectivity index (χ2v) is 5.17. The number of hydrogen-bond donors (Lipinski definition) is 2. The van der Waals surface area contributed by atoms with Gasteiger partial charge in [0.1, 0.15) is 17.5 Å². The maximum absolute atomic E-state index is 13.2. The first kappa shape index (κ1) is 15.2. The molecule has 2 atom stereocenters. The Bertz CT molecular complexity index is 580. The highest BCUT2D eigenvalue weighted by Gasteiger charge is 2.40. The summed E-state index contributed by atoms with van der Waals surface area (Å²) in [6, 6.07) is 2.91. The Kier molecular flexibility index (Phi) is 4.08. The van der Waals surface area contributed by atoms with Gasteiger partial charge in [-0.3, -0.25) is 14.9 Å². The summed E-state index contributed by atoms with van der Waals surface area (Å²) >= 11 is 0. The largest absolute Gasteiger partial charge is 0.483 e. The van der Waals surface area contributed by atoms with Gasteiger partial charge in [0, 0.05) is 18.6 Å². The number of benzene rings is 1. The van der Waals surface area contributed by atoms with Crippen molar-refractivity contribution in [2.45, 2.75) is 37.3 Å². The zero-order valence-electron chi connectivity index (χ0n) is 11.1. The Balaban J connectivity index is 2.20. The predicted molar refractivity (Wildman–Crippen MR) is 70.5 cm³/mol. The van der Waals surface area contributed by atoms with Gasteiger partial charge in [-0.2, -0.15) is 0 Å². The van der Waals surface area contributed by atoms with E-state index in [2.05, 4.69) is 0 Å². The summed E-state index contributed by atoms with van der Waals surface area (Å²) in [4.78, 5) is 21.4. The lowest BCUT2D eigenvalue weighted by Crippen LogP contribution is -2.53. The minimum absolute atomic E-state index is 0.0238. The van der Waals surface area contributed by atoms with E-state index in [1.54, 1.807) is 0 Å². The number of ether oxygens (including phenoxy) is 1. The van der Waals surface area contributed by atoms with Crippen LogP contribution in [0.5, 0.6) is 5.75 Å². The maximum Gasteiger partial charge on any atom is 0.323 e. The van der Waals surface area contributed by atoms with Gasteiger partial charge >= 0.3 is 11.7 Å². The van der Waals surface area contributed by atoms with Crippen LogP contribution in [0.1, 0.15) is 25.7 Å². The summed E-state index contributed by atoms with van der Waals surface area (Å²) in [6.07, 6.45) is 0.778. The highest BCUT2D eigenvalue weighted by Crippen LogP contribution is 2.34. The van der Waals surface area contributed by atoms with Crippen molar-refractivity contribution < 1.29 is 24.0 Å². The van der Waals surface area contributed by atoms with Crippen LogP contribution < -0.4 is 10.5 Å².